The highest BCUT2D eigenvalue weighted by atomic mass is 19.1. The molecule has 0 amide bonds. The third kappa shape index (κ3) is 7.05. The zero-order valence-electron chi connectivity index (χ0n) is 19.0. The van der Waals surface area contributed by atoms with Gasteiger partial charge >= 0.3 is 0 Å². The van der Waals surface area contributed by atoms with Crippen molar-refractivity contribution in [2.45, 2.75) is 13.2 Å². The van der Waals surface area contributed by atoms with Gasteiger partial charge in [0.05, 0.1) is 30.7 Å². The molecule has 7 nitrogen and oxygen atoms in total. The highest BCUT2D eigenvalue weighted by Gasteiger charge is 2.08. The molecule has 1 aromatic heterocycles. The lowest BCUT2D eigenvalue weighted by atomic mass is 10.1. The SMILES string of the molecule is CNc1ccc(COCc2ccccc2)c(F)c1.Nc1cnc(-c2ccc(F)c(C=O)c2)nc1N. The summed E-state index contributed by atoms with van der Waals surface area (Å²) in [5, 5.41) is 2.90. The number of carbonyl (C=O) groups excluding carboxylic acids is 1. The number of hydrogen-bond acceptors (Lipinski definition) is 7. The number of anilines is 3. The van der Waals surface area contributed by atoms with Crippen LogP contribution in [-0.2, 0) is 18.0 Å². The standard InChI is InChI=1S/C15H16FNO.C11H9FN4O/c1-17-14-8-7-13(15(16)9-14)11-18-10-12-5-3-2-4-6-12;12-8-2-1-6(3-7(8)5-17)11-15-4-9(13)10(14)16-11/h2-9,17H,10-11H2,1H3;1-5H,13H2,(H2,14,15,16). The van der Waals surface area contributed by atoms with Crippen molar-refractivity contribution < 1.29 is 18.3 Å². The molecule has 0 atom stereocenters. The van der Waals surface area contributed by atoms with Crippen LogP contribution in [0.15, 0.2) is 72.9 Å². The molecule has 0 radical (unpaired) electrons. The largest absolute Gasteiger partial charge is 0.394 e. The Morgan fingerprint density at radius 2 is 1.74 bits per heavy atom. The second-order valence-electron chi connectivity index (χ2n) is 7.42. The lowest BCUT2D eigenvalue weighted by Gasteiger charge is -2.07. The molecular formula is C26H25F2N5O2. The van der Waals surface area contributed by atoms with Gasteiger partial charge in [0, 0.05) is 23.9 Å². The summed E-state index contributed by atoms with van der Waals surface area (Å²) in [4.78, 5) is 18.5. The number of carbonyl (C=O) groups is 1. The van der Waals surface area contributed by atoms with E-state index < -0.39 is 5.82 Å². The predicted octanol–water partition coefficient (Wildman–Crippen LogP) is 4.84. The number of nitrogen functional groups attached to an aromatic ring is 2. The Morgan fingerprint density at radius 3 is 2.40 bits per heavy atom. The molecule has 0 aliphatic heterocycles. The molecule has 0 aliphatic rings. The zero-order chi connectivity index (χ0) is 25.2. The van der Waals surface area contributed by atoms with Crippen LogP contribution < -0.4 is 16.8 Å². The first-order chi connectivity index (χ1) is 16.9. The second-order valence-corrected chi connectivity index (χ2v) is 7.42. The molecule has 5 N–H and O–H groups in total. The number of aldehydes is 1. The van der Waals surface area contributed by atoms with Gasteiger partial charge in [0.2, 0.25) is 0 Å². The number of aromatic nitrogens is 2. The maximum absolute atomic E-state index is 13.6. The zero-order valence-corrected chi connectivity index (χ0v) is 19.0. The monoisotopic (exact) mass is 477 g/mol. The molecule has 0 saturated heterocycles. The second kappa shape index (κ2) is 12.2. The van der Waals surface area contributed by atoms with Gasteiger partial charge in [0.25, 0.3) is 0 Å². The van der Waals surface area contributed by atoms with Crippen LogP contribution in [0.1, 0.15) is 21.5 Å². The van der Waals surface area contributed by atoms with Gasteiger partial charge < -0.3 is 21.5 Å². The fourth-order valence-corrected chi connectivity index (χ4v) is 2.99. The molecule has 1 heterocycles. The number of halogens is 2. The molecule has 9 heteroatoms. The van der Waals surface area contributed by atoms with Gasteiger partial charge in [-0.1, -0.05) is 36.4 Å². The summed E-state index contributed by atoms with van der Waals surface area (Å²) in [6, 6.07) is 18.9. The topological polar surface area (TPSA) is 116 Å². The van der Waals surface area contributed by atoms with E-state index in [0.29, 0.717) is 29.8 Å². The lowest BCUT2D eigenvalue weighted by molar-refractivity contribution is 0.105. The van der Waals surface area contributed by atoms with E-state index in [0.717, 1.165) is 11.3 Å². The van der Waals surface area contributed by atoms with E-state index in [1.165, 1.54) is 30.5 Å². The Morgan fingerprint density at radius 1 is 0.971 bits per heavy atom. The minimum Gasteiger partial charge on any atom is -0.394 e. The fraction of sp³-hybridized carbons (Fsp3) is 0.115. The van der Waals surface area contributed by atoms with Crippen LogP contribution >= 0.6 is 0 Å². The van der Waals surface area contributed by atoms with Crippen LogP contribution in [-0.4, -0.2) is 23.3 Å². The lowest BCUT2D eigenvalue weighted by Crippen LogP contribution is -2.01. The predicted molar refractivity (Wildman–Crippen MR) is 133 cm³/mol. The highest BCUT2D eigenvalue weighted by Crippen LogP contribution is 2.20. The number of rotatable bonds is 7. The summed E-state index contributed by atoms with van der Waals surface area (Å²) in [5.41, 5.74) is 14.2. The van der Waals surface area contributed by atoms with Gasteiger partial charge in [-0.25, -0.2) is 18.7 Å². The summed E-state index contributed by atoms with van der Waals surface area (Å²) in [7, 11) is 1.76. The Kier molecular flexibility index (Phi) is 8.80. The average molecular weight is 478 g/mol. The first-order valence-corrected chi connectivity index (χ1v) is 10.6. The van der Waals surface area contributed by atoms with Crippen LogP contribution in [0.5, 0.6) is 0 Å². The fourth-order valence-electron chi connectivity index (χ4n) is 2.99. The quantitative estimate of drug-likeness (QED) is 0.326. The summed E-state index contributed by atoms with van der Waals surface area (Å²) in [6.07, 6.45) is 1.79. The number of nitrogens with two attached hydrogens (primary N) is 2. The summed E-state index contributed by atoms with van der Waals surface area (Å²) >= 11 is 0. The van der Waals surface area contributed by atoms with E-state index in [2.05, 4.69) is 15.3 Å². The molecule has 4 rings (SSSR count). The molecule has 0 unspecified atom stereocenters. The summed E-state index contributed by atoms with van der Waals surface area (Å²) in [5.74, 6) is -0.395. The first-order valence-electron chi connectivity index (χ1n) is 10.6. The average Bonchev–Trinajstić information content (AvgIpc) is 2.88. The van der Waals surface area contributed by atoms with E-state index in [9.17, 15) is 13.6 Å². The molecular weight excluding hydrogens is 452 g/mol. The molecule has 180 valence electrons. The first kappa shape index (κ1) is 25.3. The normalized spacial score (nSPS) is 10.3. The van der Waals surface area contributed by atoms with Crippen molar-refractivity contribution >= 4 is 23.5 Å². The minimum atomic E-state index is -0.591. The Balaban J connectivity index is 0.000000196. The number of benzene rings is 3. The van der Waals surface area contributed by atoms with Crippen LogP contribution in [0.2, 0.25) is 0 Å². The van der Waals surface area contributed by atoms with Gasteiger partial charge in [-0.2, -0.15) is 0 Å². The Bertz CT molecular complexity index is 1290. The summed E-state index contributed by atoms with van der Waals surface area (Å²) in [6.45, 7) is 0.777. The Labute approximate surface area is 201 Å². The van der Waals surface area contributed by atoms with E-state index in [1.54, 1.807) is 13.1 Å². The molecule has 0 spiro atoms. The van der Waals surface area contributed by atoms with Crippen LogP contribution in [0.25, 0.3) is 11.4 Å². The van der Waals surface area contributed by atoms with E-state index in [-0.39, 0.29) is 29.5 Å². The molecule has 0 fully saturated rings. The maximum atomic E-state index is 13.6. The smallest absolute Gasteiger partial charge is 0.161 e. The van der Waals surface area contributed by atoms with Crippen LogP contribution in [0.3, 0.4) is 0 Å². The third-order valence-corrected chi connectivity index (χ3v) is 4.94. The van der Waals surface area contributed by atoms with Crippen molar-refractivity contribution in [3.63, 3.8) is 0 Å². The van der Waals surface area contributed by atoms with Crippen molar-refractivity contribution in [1.29, 1.82) is 0 Å². The number of ether oxygens (including phenoxy) is 1. The van der Waals surface area contributed by atoms with Crippen LogP contribution in [0, 0.1) is 11.6 Å². The highest BCUT2D eigenvalue weighted by molar-refractivity contribution is 5.78. The van der Waals surface area contributed by atoms with Gasteiger partial charge in [-0.05, 0) is 35.9 Å². The Hall–Kier alpha value is -4.37. The third-order valence-electron chi connectivity index (χ3n) is 4.94. The van der Waals surface area contributed by atoms with Gasteiger partial charge in [-0.15, -0.1) is 0 Å². The van der Waals surface area contributed by atoms with Crippen molar-refractivity contribution in [1.82, 2.24) is 9.97 Å². The number of nitrogens with zero attached hydrogens (tertiary/aromatic N) is 2. The van der Waals surface area contributed by atoms with E-state index in [4.69, 9.17) is 16.2 Å². The number of nitrogens with one attached hydrogen (secondary N) is 1. The maximum Gasteiger partial charge on any atom is 0.161 e. The van der Waals surface area contributed by atoms with Crippen LogP contribution in [0.4, 0.5) is 26.0 Å². The molecule has 4 aromatic rings. The van der Waals surface area contributed by atoms with Gasteiger partial charge in [0.15, 0.2) is 17.9 Å². The van der Waals surface area contributed by atoms with Crippen molar-refractivity contribution in [3.8, 4) is 11.4 Å². The van der Waals surface area contributed by atoms with Gasteiger partial charge in [0.1, 0.15) is 11.6 Å². The minimum absolute atomic E-state index is 0.0542. The molecule has 3 aromatic carbocycles. The van der Waals surface area contributed by atoms with Crippen molar-refractivity contribution in [2.24, 2.45) is 0 Å². The number of hydrogen-bond donors (Lipinski definition) is 3. The van der Waals surface area contributed by atoms with Crippen molar-refractivity contribution in [3.05, 3.63) is 101 Å². The van der Waals surface area contributed by atoms with E-state index in [1.807, 2.05) is 36.4 Å². The molecule has 35 heavy (non-hydrogen) atoms. The van der Waals surface area contributed by atoms with Gasteiger partial charge in [-0.3, -0.25) is 4.79 Å². The molecule has 0 bridgehead atoms. The van der Waals surface area contributed by atoms with E-state index >= 15 is 0 Å². The van der Waals surface area contributed by atoms with Crippen molar-refractivity contribution in [2.75, 3.05) is 23.8 Å². The molecule has 0 saturated carbocycles. The summed E-state index contributed by atoms with van der Waals surface area (Å²) < 4.78 is 32.3. The molecule has 0 aliphatic carbocycles.